The number of halogens is 1. The number of carbonyl (C=O) groups is 1. The van der Waals surface area contributed by atoms with Crippen molar-refractivity contribution in [1.82, 2.24) is 4.31 Å². The van der Waals surface area contributed by atoms with E-state index in [1.807, 2.05) is 0 Å². The van der Waals surface area contributed by atoms with Crippen LogP contribution in [0.2, 0.25) is 5.02 Å². The second-order valence-corrected chi connectivity index (χ2v) is 7.35. The number of aliphatic carboxylic acids is 1. The Balaban J connectivity index is 2.20. The number of hydrogen-bond donors (Lipinski definition) is 1. The molecule has 1 unspecified atom stereocenters. The predicted molar refractivity (Wildman–Crippen MR) is 77.1 cm³/mol. The summed E-state index contributed by atoms with van der Waals surface area (Å²) in [5.74, 6) is -1.47. The molecule has 0 aliphatic carbocycles. The van der Waals surface area contributed by atoms with Crippen molar-refractivity contribution < 1.29 is 23.1 Å². The number of carboxylic acids is 1. The first-order valence-electron chi connectivity index (χ1n) is 6.34. The van der Waals surface area contributed by atoms with Crippen LogP contribution in [0.25, 0.3) is 0 Å². The molecule has 1 aromatic rings. The molecule has 8 heteroatoms. The zero-order chi connectivity index (χ0) is 15.8. The van der Waals surface area contributed by atoms with E-state index in [2.05, 4.69) is 0 Å². The SMILES string of the molecule is COc1cc(Cl)ccc1S(=O)(=O)N1CC(C(C)C(=O)O)C1. The number of methoxy groups -OCH3 is 1. The van der Waals surface area contributed by atoms with Gasteiger partial charge >= 0.3 is 5.97 Å². The van der Waals surface area contributed by atoms with Crippen molar-refractivity contribution in [3.8, 4) is 5.75 Å². The Morgan fingerprint density at radius 2 is 2.10 bits per heavy atom. The lowest BCUT2D eigenvalue weighted by molar-refractivity contribution is -0.144. The molecular formula is C13H16ClNO5S. The van der Waals surface area contributed by atoms with Gasteiger partial charge in [0.05, 0.1) is 13.0 Å². The monoisotopic (exact) mass is 333 g/mol. The summed E-state index contributed by atoms with van der Waals surface area (Å²) < 4.78 is 31.3. The third kappa shape index (κ3) is 3.00. The zero-order valence-electron chi connectivity index (χ0n) is 11.6. The number of rotatable bonds is 5. The van der Waals surface area contributed by atoms with E-state index in [-0.39, 0.29) is 29.7 Å². The molecule has 116 valence electrons. The van der Waals surface area contributed by atoms with Crippen LogP contribution < -0.4 is 4.74 Å². The largest absolute Gasteiger partial charge is 0.495 e. The molecule has 1 aliphatic rings. The molecule has 0 radical (unpaired) electrons. The van der Waals surface area contributed by atoms with Gasteiger partial charge in [0.2, 0.25) is 10.0 Å². The van der Waals surface area contributed by atoms with Crippen molar-refractivity contribution in [3.63, 3.8) is 0 Å². The van der Waals surface area contributed by atoms with Crippen LogP contribution in [0.5, 0.6) is 5.75 Å². The van der Waals surface area contributed by atoms with Gasteiger partial charge in [0, 0.05) is 24.2 Å². The van der Waals surface area contributed by atoms with Crippen LogP contribution in [0.4, 0.5) is 0 Å². The fourth-order valence-electron chi connectivity index (χ4n) is 2.18. The van der Waals surface area contributed by atoms with Gasteiger partial charge in [-0.05, 0) is 18.1 Å². The molecule has 2 rings (SSSR count). The van der Waals surface area contributed by atoms with E-state index in [9.17, 15) is 13.2 Å². The number of nitrogens with zero attached hydrogens (tertiary/aromatic N) is 1. The molecule has 0 bridgehead atoms. The highest BCUT2D eigenvalue weighted by Crippen LogP contribution is 2.34. The normalized spacial score (nSPS) is 18.0. The molecule has 21 heavy (non-hydrogen) atoms. The van der Waals surface area contributed by atoms with Gasteiger partial charge in [-0.25, -0.2) is 8.42 Å². The summed E-state index contributed by atoms with van der Waals surface area (Å²) in [4.78, 5) is 10.9. The quantitative estimate of drug-likeness (QED) is 0.886. The van der Waals surface area contributed by atoms with Gasteiger partial charge in [-0.3, -0.25) is 4.79 Å². The number of carboxylic acid groups (broad SMARTS) is 1. The van der Waals surface area contributed by atoms with Crippen LogP contribution in [-0.2, 0) is 14.8 Å². The minimum absolute atomic E-state index is 0.0378. The second-order valence-electron chi connectivity index (χ2n) is 5.00. The van der Waals surface area contributed by atoms with Gasteiger partial charge in [-0.2, -0.15) is 4.31 Å². The highest BCUT2D eigenvalue weighted by Gasteiger charge is 2.42. The number of sulfonamides is 1. The smallest absolute Gasteiger partial charge is 0.306 e. The Kier molecular flexibility index (Phi) is 4.46. The van der Waals surface area contributed by atoms with Crippen molar-refractivity contribution in [2.24, 2.45) is 11.8 Å². The maximum atomic E-state index is 12.5. The van der Waals surface area contributed by atoms with Gasteiger partial charge in [-0.1, -0.05) is 18.5 Å². The molecule has 0 amide bonds. The predicted octanol–water partition coefficient (Wildman–Crippen LogP) is 1.69. The van der Waals surface area contributed by atoms with E-state index < -0.39 is 21.9 Å². The Labute approximate surface area is 128 Å². The van der Waals surface area contributed by atoms with Crippen molar-refractivity contribution in [2.75, 3.05) is 20.2 Å². The Hall–Kier alpha value is -1.31. The lowest BCUT2D eigenvalue weighted by atomic mass is 9.89. The summed E-state index contributed by atoms with van der Waals surface area (Å²) >= 11 is 5.82. The van der Waals surface area contributed by atoms with Crippen molar-refractivity contribution in [3.05, 3.63) is 23.2 Å². The average Bonchev–Trinajstić information content (AvgIpc) is 2.35. The Morgan fingerprint density at radius 1 is 1.48 bits per heavy atom. The molecule has 1 N–H and O–H groups in total. The van der Waals surface area contributed by atoms with Crippen LogP contribution in [0, 0.1) is 11.8 Å². The first kappa shape index (κ1) is 16.1. The minimum atomic E-state index is -3.70. The second kappa shape index (κ2) is 5.82. The van der Waals surface area contributed by atoms with Crippen LogP contribution >= 0.6 is 11.6 Å². The maximum absolute atomic E-state index is 12.5. The highest BCUT2D eigenvalue weighted by molar-refractivity contribution is 7.89. The molecule has 1 aromatic carbocycles. The molecule has 1 aliphatic heterocycles. The Morgan fingerprint density at radius 3 is 2.62 bits per heavy atom. The van der Waals surface area contributed by atoms with E-state index in [1.165, 1.54) is 29.6 Å². The van der Waals surface area contributed by atoms with E-state index >= 15 is 0 Å². The highest BCUT2D eigenvalue weighted by atomic mass is 35.5. The average molecular weight is 334 g/mol. The zero-order valence-corrected chi connectivity index (χ0v) is 13.2. The third-order valence-corrected chi connectivity index (χ3v) is 5.82. The van der Waals surface area contributed by atoms with Crippen LogP contribution in [0.1, 0.15) is 6.92 Å². The van der Waals surface area contributed by atoms with E-state index in [0.29, 0.717) is 5.02 Å². The van der Waals surface area contributed by atoms with Crippen molar-refractivity contribution in [2.45, 2.75) is 11.8 Å². The molecule has 1 fully saturated rings. The molecule has 1 saturated heterocycles. The fourth-order valence-corrected chi connectivity index (χ4v) is 4.03. The summed E-state index contributed by atoms with van der Waals surface area (Å²) in [5, 5.41) is 9.31. The van der Waals surface area contributed by atoms with Gasteiger partial charge in [0.15, 0.2) is 0 Å². The third-order valence-electron chi connectivity index (χ3n) is 3.72. The Bertz CT molecular complexity index is 655. The number of benzene rings is 1. The molecule has 0 aromatic heterocycles. The molecule has 1 heterocycles. The summed E-state index contributed by atoms with van der Waals surface area (Å²) in [5.41, 5.74) is 0. The summed E-state index contributed by atoms with van der Waals surface area (Å²) in [6.45, 7) is 1.98. The van der Waals surface area contributed by atoms with Crippen LogP contribution in [-0.4, -0.2) is 44.0 Å². The molecule has 1 atom stereocenters. The summed E-state index contributed by atoms with van der Waals surface area (Å²) in [6.07, 6.45) is 0. The molecular weight excluding hydrogens is 318 g/mol. The van der Waals surface area contributed by atoms with Crippen molar-refractivity contribution in [1.29, 1.82) is 0 Å². The number of ether oxygens (including phenoxy) is 1. The summed E-state index contributed by atoms with van der Waals surface area (Å²) in [6, 6.07) is 4.31. The van der Waals surface area contributed by atoms with E-state index in [1.54, 1.807) is 6.92 Å². The molecule has 0 spiro atoms. The lowest BCUT2D eigenvalue weighted by Crippen LogP contribution is -2.53. The van der Waals surface area contributed by atoms with Crippen molar-refractivity contribution >= 4 is 27.6 Å². The van der Waals surface area contributed by atoms with E-state index in [4.69, 9.17) is 21.4 Å². The lowest BCUT2D eigenvalue weighted by Gasteiger charge is -2.40. The molecule has 6 nitrogen and oxygen atoms in total. The standard InChI is InChI=1S/C13H16ClNO5S/c1-8(13(16)17)9-6-15(7-9)21(18,19)12-4-3-10(14)5-11(12)20-2/h3-5,8-9H,6-7H2,1-2H3,(H,16,17). The first-order valence-corrected chi connectivity index (χ1v) is 8.15. The van der Waals surface area contributed by atoms with Crippen LogP contribution in [0.3, 0.4) is 0 Å². The number of hydrogen-bond acceptors (Lipinski definition) is 4. The van der Waals surface area contributed by atoms with Gasteiger partial charge in [-0.15, -0.1) is 0 Å². The van der Waals surface area contributed by atoms with E-state index in [0.717, 1.165) is 0 Å². The maximum Gasteiger partial charge on any atom is 0.306 e. The fraction of sp³-hybridized carbons (Fsp3) is 0.462. The minimum Gasteiger partial charge on any atom is -0.495 e. The topological polar surface area (TPSA) is 83.9 Å². The molecule has 0 saturated carbocycles. The van der Waals surface area contributed by atoms with Gasteiger partial charge < -0.3 is 9.84 Å². The first-order chi connectivity index (χ1) is 9.77. The van der Waals surface area contributed by atoms with Crippen LogP contribution in [0.15, 0.2) is 23.1 Å². The summed E-state index contributed by atoms with van der Waals surface area (Å²) in [7, 11) is -2.33. The van der Waals surface area contributed by atoms with Gasteiger partial charge in [0.1, 0.15) is 10.6 Å². The van der Waals surface area contributed by atoms with Gasteiger partial charge in [0.25, 0.3) is 0 Å².